The van der Waals surface area contributed by atoms with Gasteiger partial charge in [0.1, 0.15) is 11.5 Å². The van der Waals surface area contributed by atoms with Crippen LogP contribution >= 0.6 is 0 Å². The minimum Gasteiger partial charge on any atom is -0.497 e. The molecule has 1 spiro atoms. The average Bonchev–Trinajstić information content (AvgIpc) is 3.27. The van der Waals surface area contributed by atoms with Gasteiger partial charge in [0, 0.05) is 23.1 Å². The second-order valence-corrected chi connectivity index (χ2v) is 9.61. The maximum absolute atomic E-state index is 6.41. The maximum Gasteiger partial charge on any atom is 0.227 e. The molecule has 4 aliphatic heterocycles. The molecule has 4 aliphatic rings. The van der Waals surface area contributed by atoms with Crippen LogP contribution < -0.4 is 9.47 Å². The van der Waals surface area contributed by atoms with Gasteiger partial charge < -0.3 is 19.2 Å². The first-order chi connectivity index (χ1) is 17.2. The highest BCUT2D eigenvalue weighted by molar-refractivity contribution is 6.00. The molecule has 0 N–H and O–H groups in total. The molecule has 3 fully saturated rings. The van der Waals surface area contributed by atoms with Crippen molar-refractivity contribution in [1.82, 2.24) is 9.80 Å². The molecule has 2 bridgehead atoms. The van der Waals surface area contributed by atoms with Gasteiger partial charge in [-0.05, 0) is 49.2 Å². The molecule has 6 heteroatoms. The van der Waals surface area contributed by atoms with Gasteiger partial charge >= 0.3 is 0 Å². The van der Waals surface area contributed by atoms with E-state index < -0.39 is 5.72 Å². The summed E-state index contributed by atoms with van der Waals surface area (Å²) in [7, 11) is 3.38. The number of rotatable bonds is 6. The second kappa shape index (κ2) is 8.93. The summed E-state index contributed by atoms with van der Waals surface area (Å²) >= 11 is 0. The Kier molecular flexibility index (Phi) is 5.61. The van der Waals surface area contributed by atoms with E-state index in [1.807, 2.05) is 18.2 Å². The minimum atomic E-state index is -0.450. The number of methoxy groups -OCH3 is 2. The van der Waals surface area contributed by atoms with E-state index in [1.54, 1.807) is 14.2 Å². The first-order valence-electron chi connectivity index (χ1n) is 12.3. The van der Waals surface area contributed by atoms with Gasteiger partial charge in [-0.15, -0.1) is 0 Å². The third kappa shape index (κ3) is 3.82. The fraction of sp³-hybridized carbons (Fsp3) is 0.345. The fourth-order valence-corrected chi connectivity index (χ4v) is 5.81. The van der Waals surface area contributed by atoms with E-state index in [1.165, 1.54) is 11.1 Å². The van der Waals surface area contributed by atoms with Crippen molar-refractivity contribution in [3.8, 4) is 22.6 Å². The van der Waals surface area contributed by atoms with Crippen molar-refractivity contribution in [1.29, 1.82) is 0 Å². The number of ether oxygens (including phenoxy) is 2. The van der Waals surface area contributed by atoms with Crippen LogP contribution in [0, 0.1) is 5.92 Å². The summed E-state index contributed by atoms with van der Waals surface area (Å²) in [6, 6.07) is 25.1. The number of nitrogens with zero attached hydrogens (tertiary/aromatic N) is 3. The van der Waals surface area contributed by atoms with Crippen LogP contribution in [0.25, 0.3) is 11.1 Å². The van der Waals surface area contributed by atoms with Gasteiger partial charge in [0.25, 0.3) is 0 Å². The number of benzene rings is 3. The summed E-state index contributed by atoms with van der Waals surface area (Å²) in [6.45, 7) is 3.79. The molecule has 1 unspecified atom stereocenters. The Morgan fingerprint density at radius 1 is 0.886 bits per heavy atom. The quantitative estimate of drug-likeness (QED) is 0.509. The number of hydrogen-bond donors (Lipinski definition) is 0. The van der Waals surface area contributed by atoms with Crippen molar-refractivity contribution < 1.29 is 14.3 Å². The van der Waals surface area contributed by atoms with Crippen molar-refractivity contribution in [3.05, 3.63) is 83.9 Å². The van der Waals surface area contributed by atoms with Crippen LogP contribution in [-0.2, 0) is 11.4 Å². The number of oxime groups is 1. The van der Waals surface area contributed by atoms with Crippen LogP contribution in [0.5, 0.6) is 11.5 Å². The zero-order valence-electron chi connectivity index (χ0n) is 20.3. The standard InChI is InChI=1S/C29H31N3O3/c1-33-26-13-12-24(27(18-26)34-2)19-32-28(30-35-29(32)20-31-16-14-25(29)15-17-31)23-10-8-22(9-11-23)21-6-4-3-5-7-21/h3-13,18,25H,14-17,19-20H2,1-2H3. The monoisotopic (exact) mass is 469 g/mol. The molecule has 0 radical (unpaired) electrons. The van der Waals surface area contributed by atoms with Crippen LogP contribution in [0.3, 0.4) is 0 Å². The fourth-order valence-electron chi connectivity index (χ4n) is 5.81. The van der Waals surface area contributed by atoms with Gasteiger partial charge in [-0.25, -0.2) is 0 Å². The molecule has 0 aliphatic carbocycles. The van der Waals surface area contributed by atoms with E-state index in [-0.39, 0.29) is 0 Å². The Morgan fingerprint density at radius 3 is 2.26 bits per heavy atom. The lowest BCUT2D eigenvalue weighted by Crippen LogP contribution is -2.66. The molecule has 4 heterocycles. The molecule has 180 valence electrons. The molecule has 0 saturated carbocycles. The largest absolute Gasteiger partial charge is 0.497 e. The lowest BCUT2D eigenvalue weighted by molar-refractivity contribution is -0.198. The topological polar surface area (TPSA) is 46.5 Å². The molecular weight excluding hydrogens is 438 g/mol. The van der Waals surface area contributed by atoms with E-state index in [0.717, 1.165) is 60.9 Å². The van der Waals surface area contributed by atoms with Gasteiger partial charge in [0.2, 0.25) is 5.72 Å². The van der Waals surface area contributed by atoms with Gasteiger partial charge in [-0.1, -0.05) is 59.8 Å². The van der Waals surface area contributed by atoms with Crippen molar-refractivity contribution >= 4 is 5.84 Å². The Hall–Kier alpha value is -3.51. The predicted octanol–water partition coefficient (Wildman–Crippen LogP) is 4.99. The summed E-state index contributed by atoms with van der Waals surface area (Å²) in [6.07, 6.45) is 2.26. The number of piperidine rings is 3. The number of fused-ring (bicyclic) bond motifs is 2. The van der Waals surface area contributed by atoms with Crippen molar-refractivity contribution in [2.75, 3.05) is 33.9 Å². The Bertz CT molecular complexity index is 1220. The molecule has 7 rings (SSSR count). The first-order valence-corrected chi connectivity index (χ1v) is 12.3. The molecule has 1 atom stereocenters. The normalized spacial score (nSPS) is 24.9. The van der Waals surface area contributed by atoms with E-state index in [9.17, 15) is 0 Å². The highest BCUT2D eigenvalue weighted by Crippen LogP contribution is 2.45. The molecule has 3 aromatic rings. The summed E-state index contributed by atoms with van der Waals surface area (Å²) in [5.74, 6) is 2.93. The number of amidine groups is 1. The van der Waals surface area contributed by atoms with Crippen LogP contribution in [0.2, 0.25) is 0 Å². The van der Waals surface area contributed by atoms with E-state index in [2.05, 4.69) is 64.4 Å². The Morgan fingerprint density at radius 2 is 1.60 bits per heavy atom. The SMILES string of the molecule is COc1ccc(CN2C(c3ccc(-c4ccccc4)cc3)=NOC23CN2CCC3CC2)c(OC)c1. The zero-order chi connectivity index (χ0) is 23.8. The molecular formula is C29H31N3O3. The number of hydrogen-bond acceptors (Lipinski definition) is 6. The molecule has 35 heavy (non-hydrogen) atoms. The molecule has 0 aromatic heterocycles. The Labute approximate surface area is 206 Å². The predicted molar refractivity (Wildman–Crippen MR) is 136 cm³/mol. The molecule has 6 nitrogen and oxygen atoms in total. The van der Waals surface area contributed by atoms with Crippen molar-refractivity contribution in [2.45, 2.75) is 25.1 Å². The molecule has 0 amide bonds. The summed E-state index contributed by atoms with van der Waals surface area (Å²) < 4.78 is 11.2. The van der Waals surface area contributed by atoms with Crippen LogP contribution in [0.15, 0.2) is 78.0 Å². The highest BCUT2D eigenvalue weighted by Gasteiger charge is 2.57. The van der Waals surface area contributed by atoms with Crippen molar-refractivity contribution in [3.63, 3.8) is 0 Å². The van der Waals surface area contributed by atoms with Gasteiger partial charge in [-0.3, -0.25) is 4.90 Å². The summed E-state index contributed by atoms with van der Waals surface area (Å²) in [5.41, 5.74) is 4.09. The van der Waals surface area contributed by atoms with E-state index >= 15 is 0 Å². The van der Waals surface area contributed by atoms with Gasteiger partial charge in [0.15, 0.2) is 5.84 Å². The van der Waals surface area contributed by atoms with Crippen LogP contribution in [-0.4, -0.2) is 55.2 Å². The van der Waals surface area contributed by atoms with E-state index in [0.29, 0.717) is 12.5 Å². The van der Waals surface area contributed by atoms with Crippen LogP contribution in [0.4, 0.5) is 0 Å². The van der Waals surface area contributed by atoms with Crippen LogP contribution in [0.1, 0.15) is 24.0 Å². The third-order valence-corrected chi connectivity index (χ3v) is 7.75. The average molecular weight is 470 g/mol. The zero-order valence-corrected chi connectivity index (χ0v) is 20.3. The van der Waals surface area contributed by atoms with Gasteiger partial charge in [0.05, 0.1) is 27.3 Å². The van der Waals surface area contributed by atoms with E-state index in [4.69, 9.17) is 19.5 Å². The van der Waals surface area contributed by atoms with Gasteiger partial charge in [-0.2, -0.15) is 0 Å². The first kappa shape index (κ1) is 22.0. The minimum absolute atomic E-state index is 0.446. The van der Waals surface area contributed by atoms with Crippen molar-refractivity contribution in [2.24, 2.45) is 11.1 Å². The maximum atomic E-state index is 6.41. The smallest absolute Gasteiger partial charge is 0.227 e. The lowest BCUT2D eigenvalue weighted by Gasteiger charge is -2.53. The summed E-state index contributed by atoms with van der Waals surface area (Å²) in [5, 5.41) is 4.72. The summed E-state index contributed by atoms with van der Waals surface area (Å²) in [4.78, 5) is 11.3. The molecule has 3 aromatic carbocycles. The third-order valence-electron chi connectivity index (χ3n) is 7.75. The highest BCUT2D eigenvalue weighted by atomic mass is 16.7. The second-order valence-electron chi connectivity index (χ2n) is 9.61. The Balaban J connectivity index is 1.36. The lowest BCUT2D eigenvalue weighted by atomic mass is 9.79. The molecule has 3 saturated heterocycles.